The molecule has 2 aromatic rings. The molecular weight excluding hydrogens is 232 g/mol. The van der Waals surface area contributed by atoms with Gasteiger partial charge in [-0.2, -0.15) is 0 Å². The SMILES string of the molecule is N[C@@H](c1cccs1)c1c(F)ccc(F)c1O. The number of thiophene rings is 1. The number of aromatic hydroxyl groups is 1. The number of benzene rings is 1. The van der Waals surface area contributed by atoms with Crippen molar-refractivity contribution >= 4 is 11.3 Å². The fourth-order valence-corrected chi connectivity index (χ4v) is 2.20. The van der Waals surface area contributed by atoms with Crippen LogP contribution in [0.3, 0.4) is 0 Å². The summed E-state index contributed by atoms with van der Waals surface area (Å²) in [5.41, 5.74) is 5.57. The maximum absolute atomic E-state index is 13.5. The van der Waals surface area contributed by atoms with Gasteiger partial charge in [0.05, 0.1) is 11.6 Å². The topological polar surface area (TPSA) is 46.2 Å². The maximum atomic E-state index is 13.5. The van der Waals surface area contributed by atoms with Crippen LogP contribution in [0.15, 0.2) is 29.6 Å². The van der Waals surface area contributed by atoms with Gasteiger partial charge in [-0.15, -0.1) is 11.3 Å². The van der Waals surface area contributed by atoms with E-state index in [1.54, 1.807) is 17.5 Å². The molecule has 0 aliphatic rings. The maximum Gasteiger partial charge on any atom is 0.165 e. The number of nitrogens with two attached hydrogens (primary N) is 1. The number of phenols is 1. The Morgan fingerprint density at radius 2 is 1.88 bits per heavy atom. The summed E-state index contributed by atoms with van der Waals surface area (Å²) in [5.74, 6) is -2.30. The molecule has 0 saturated carbocycles. The molecule has 5 heteroatoms. The van der Waals surface area contributed by atoms with E-state index in [9.17, 15) is 13.9 Å². The quantitative estimate of drug-likeness (QED) is 0.849. The molecule has 1 heterocycles. The van der Waals surface area contributed by atoms with Crippen molar-refractivity contribution < 1.29 is 13.9 Å². The molecule has 2 rings (SSSR count). The van der Waals surface area contributed by atoms with Crippen LogP contribution in [0.2, 0.25) is 0 Å². The average Bonchev–Trinajstić information content (AvgIpc) is 2.77. The van der Waals surface area contributed by atoms with Crippen molar-refractivity contribution in [2.45, 2.75) is 6.04 Å². The van der Waals surface area contributed by atoms with Crippen LogP contribution in [0.1, 0.15) is 16.5 Å². The van der Waals surface area contributed by atoms with Crippen LogP contribution in [0.25, 0.3) is 0 Å². The van der Waals surface area contributed by atoms with Gasteiger partial charge in [-0.25, -0.2) is 8.78 Å². The van der Waals surface area contributed by atoms with E-state index in [1.165, 1.54) is 11.3 Å². The number of hydrogen-bond acceptors (Lipinski definition) is 3. The molecule has 2 nitrogen and oxygen atoms in total. The second-order valence-electron chi connectivity index (χ2n) is 3.28. The summed E-state index contributed by atoms with van der Waals surface area (Å²) in [7, 11) is 0. The molecule has 16 heavy (non-hydrogen) atoms. The van der Waals surface area contributed by atoms with Gasteiger partial charge in [0.1, 0.15) is 5.82 Å². The van der Waals surface area contributed by atoms with Crippen molar-refractivity contribution in [1.29, 1.82) is 0 Å². The molecule has 1 aromatic heterocycles. The van der Waals surface area contributed by atoms with Gasteiger partial charge in [0.2, 0.25) is 0 Å². The van der Waals surface area contributed by atoms with Crippen LogP contribution >= 0.6 is 11.3 Å². The van der Waals surface area contributed by atoms with Gasteiger partial charge in [0.15, 0.2) is 11.6 Å². The van der Waals surface area contributed by atoms with Gasteiger partial charge in [-0.3, -0.25) is 0 Å². The second kappa shape index (κ2) is 4.19. The largest absolute Gasteiger partial charge is 0.505 e. The normalized spacial score (nSPS) is 12.7. The molecule has 0 unspecified atom stereocenters. The van der Waals surface area contributed by atoms with Crippen LogP contribution in [0.4, 0.5) is 8.78 Å². The summed E-state index contributed by atoms with van der Waals surface area (Å²) in [5, 5.41) is 11.2. The van der Waals surface area contributed by atoms with Crippen LogP contribution in [0.5, 0.6) is 5.75 Å². The minimum absolute atomic E-state index is 0.206. The number of phenolic OH excluding ortho intramolecular Hbond substituents is 1. The highest BCUT2D eigenvalue weighted by Crippen LogP contribution is 2.33. The van der Waals surface area contributed by atoms with Crippen LogP contribution < -0.4 is 5.73 Å². The van der Waals surface area contributed by atoms with E-state index < -0.39 is 23.4 Å². The number of halogens is 2. The predicted octanol–water partition coefficient (Wildman–Crippen LogP) is 2.78. The van der Waals surface area contributed by atoms with Crippen LogP contribution in [-0.2, 0) is 0 Å². The smallest absolute Gasteiger partial charge is 0.165 e. The summed E-state index contributed by atoms with van der Waals surface area (Å²) in [4.78, 5) is 0.666. The third kappa shape index (κ3) is 1.79. The molecule has 0 saturated heterocycles. The Bertz CT molecular complexity index is 499. The Kier molecular flexibility index (Phi) is 2.89. The van der Waals surface area contributed by atoms with Gasteiger partial charge in [-0.05, 0) is 23.6 Å². The lowest BCUT2D eigenvalue weighted by Gasteiger charge is -2.13. The Morgan fingerprint density at radius 1 is 1.19 bits per heavy atom. The van der Waals surface area contributed by atoms with Crippen LogP contribution in [0, 0.1) is 11.6 Å². The van der Waals surface area contributed by atoms with E-state index in [-0.39, 0.29) is 5.56 Å². The van der Waals surface area contributed by atoms with Crippen molar-refractivity contribution in [2.24, 2.45) is 5.73 Å². The van der Waals surface area contributed by atoms with E-state index in [4.69, 9.17) is 5.73 Å². The van der Waals surface area contributed by atoms with E-state index in [2.05, 4.69) is 0 Å². The molecule has 0 amide bonds. The Labute approximate surface area is 95.0 Å². The molecule has 0 fully saturated rings. The summed E-state index contributed by atoms with van der Waals surface area (Å²) in [6.45, 7) is 0. The van der Waals surface area contributed by atoms with Crippen molar-refractivity contribution in [3.8, 4) is 5.75 Å². The zero-order valence-electron chi connectivity index (χ0n) is 8.15. The monoisotopic (exact) mass is 241 g/mol. The minimum Gasteiger partial charge on any atom is -0.505 e. The first kappa shape index (κ1) is 11.0. The van der Waals surface area contributed by atoms with Crippen molar-refractivity contribution in [3.05, 3.63) is 51.7 Å². The van der Waals surface area contributed by atoms with Gasteiger partial charge < -0.3 is 10.8 Å². The second-order valence-corrected chi connectivity index (χ2v) is 4.26. The van der Waals surface area contributed by atoms with E-state index in [1.807, 2.05) is 0 Å². The average molecular weight is 241 g/mol. The highest BCUT2D eigenvalue weighted by Gasteiger charge is 2.21. The summed E-state index contributed by atoms with van der Waals surface area (Å²) >= 11 is 1.32. The summed E-state index contributed by atoms with van der Waals surface area (Å²) in [6.07, 6.45) is 0. The number of rotatable bonds is 2. The molecule has 3 N–H and O–H groups in total. The fourth-order valence-electron chi connectivity index (χ4n) is 1.46. The third-order valence-electron chi connectivity index (χ3n) is 2.28. The number of hydrogen-bond donors (Lipinski definition) is 2. The van der Waals surface area contributed by atoms with Crippen molar-refractivity contribution in [1.82, 2.24) is 0 Å². The van der Waals surface area contributed by atoms with Crippen LogP contribution in [-0.4, -0.2) is 5.11 Å². The fraction of sp³-hybridized carbons (Fsp3) is 0.0909. The molecule has 0 aliphatic carbocycles. The summed E-state index contributed by atoms with van der Waals surface area (Å²) < 4.78 is 26.6. The molecule has 1 atom stereocenters. The zero-order valence-corrected chi connectivity index (χ0v) is 8.97. The molecule has 0 aliphatic heterocycles. The lowest BCUT2D eigenvalue weighted by atomic mass is 10.0. The van der Waals surface area contributed by atoms with Crippen molar-refractivity contribution in [2.75, 3.05) is 0 Å². The Balaban J connectivity index is 2.52. The van der Waals surface area contributed by atoms with Gasteiger partial charge >= 0.3 is 0 Å². The lowest BCUT2D eigenvalue weighted by molar-refractivity contribution is 0.414. The molecule has 0 spiro atoms. The standard InChI is InChI=1S/C11H9F2NOS/c12-6-3-4-7(13)11(15)9(6)10(14)8-2-1-5-16-8/h1-5,10,15H,14H2/t10-/m0/s1. The van der Waals surface area contributed by atoms with E-state index >= 15 is 0 Å². The van der Waals surface area contributed by atoms with Gasteiger partial charge in [-0.1, -0.05) is 6.07 Å². The first-order valence-corrected chi connectivity index (χ1v) is 5.45. The first-order chi connectivity index (χ1) is 7.61. The first-order valence-electron chi connectivity index (χ1n) is 4.57. The summed E-state index contributed by atoms with van der Waals surface area (Å²) in [6, 6.07) is 4.44. The van der Waals surface area contributed by atoms with Crippen molar-refractivity contribution in [3.63, 3.8) is 0 Å². The third-order valence-corrected chi connectivity index (χ3v) is 3.23. The molecule has 1 aromatic carbocycles. The molecule has 0 bridgehead atoms. The highest BCUT2D eigenvalue weighted by molar-refractivity contribution is 7.10. The minimum atomic E-state index is -0.872. The van der Waals surface area contributed by atoms with E-state index in [0.717, 1.165) is 12.1 Å². The molecular formula is C11H9F2NOS. The van der Waals surface area contributed by atoms with Gasteiger partial charge in [0.25, 0.3) is 0 Å². The Morgan fingerprint density at radius 3 is 2.50 bits per heavy atom. The molecule has 0 radical (unpaired) electrons. The molecule has 84 valence electrons. The predicted molar refractivity (Wildman–Crippen MR) is 58.4 cm³/mol. The van der Waals surface area contributed by atoms with Gasteiger partial charge in [0, 0.05) is 4.88 Å². The lowest BCUT2D eigenvalue weighted by Crippen LogP contribution is -2.13. The highest BCUT2D eigenvalue weighted by atomic mass is 32.1. The van der Waals surface area contributed by atoms with E-state index in [0.29, 0.717) is 4.88 Å². The zero-order chi connectivity index (χ0) is 11.7. The Hall–Kier alpha value is -1.46.